The number of aliphatic carboxylic acids is 1. The van der Waals surface area contributed by atoms with E-state index in [0.29, 0.717) is 12.5 Å². The zero-order valence-electron chi connectivity index (χ0n) is 12.0. The van der Waals surface area contributed by atoms with Crippen LogP contribution in [-0.2, 0) is 9.59 Å². The van der Waals surface area contributed by atoms with Crippen LogP contribution in [0.15, 0.2) is 12.7 Å². The van der Waals surface area contributed by atoms with E-state index in [9.17, 15) is 14.7 Å². The van der Waals surface area contributed by atoms with Gasteiger partial charge in [-0.05, 0) is 38.6 Å². The number of hydrogen-bond donors (Lipinski definition) is 1. The molecule has 0 aliphatic carbocycles. The third kappa shape index (κ3) is 3.39. The summed E-state index contributed by atoms with van der Waals surface area (Å²) < 4.78 is 0. The third-order valence-corrected chi connectivity index (χ3v) is 4.43. The van der Waals surface area contributed by atoms with Crippen LogP contribution in [0.3, 0.4) is 0 Å². The SMILES string of the molecule is C=CCCC(=O)N1CCC(N2CCCC2C(=O)O)CC1. The first-order valence-electron chi connectivity index (χ1n) is 7.50. The van der Waals surface area contributed by atoms with E-state index in [-0.39, 0.29) is 11.9 Å². The van der Waals surface area contributed by atoms with Gasteiger partial charge in [0.25, 0.3) is 0 Å². The van der Waals surface area contributed by atoms with Crippen molar-refractivity contribution in [1.29, 1.82) is 0 Å². The highest BCUT2D eigenvalue weighted by atomic mass is 16.4. The van der Waals surface area contributed by atoms with Crippen molar-refractivity contribution >= 4 is 11.9 Å². The topological polar surface area (TPSA) is 60.9 Å². The summed E-state index contributed by atoms with van der Waals surface area (Å²) in [5.41, 5.74) is 0. The molecule has 0 radical (unpaired) electrons. The summed E-state index contributed by atoms with van der Waals surface area (Å²) in [7, 11) is 0. The zero-order valence-corrected chi connectivity index (χ0v) is 12.0. The van der Waals surface area contributed by atoms with Gasteiger partial charge in [0, 0.05) is 25.6 Å². The number of carbonyl (C=O) groups is 2. The van der Waals surface area contributed by atoms with E-state index in [1.165, 1.54) is 0 Å². The number of amides is 1. The second kappa shape index (κ2) is 6.88. The molecule has 112 valence electrons. The molecule has 2 rings (SSSR count). The lowest BCUT2D eigenvalue weighted by Crippen LogP contribution is -2.49. The number of nitrogens with zero attached hydrogens (tertiary/aromatic N) is 2. The van der Waals surface area contributed by atoms with Crippen LogP contribution in [0.2, 0.25) is 0 Å². The van der Waals surface area contributed by atoms with Crippen LogP contribution in [0, 0.1) is 0 Å². The number of likely N-dealkylation sites (tertiary alicyclic amines) is 2. The molecule has 20 heavy (non-hydrogen) atoms. The molecular formula is C15H24N2O3. The van der Waals surface area contributed by atoms with Crippen molar-refractivity contribution in [2.24, 2.45) is 0 Å². The van der Waals surface area contributed by atoms with Crippen LogP contribution in [0.4, 0.5) is 0 Å². The minimum Gasteiger partial charge on any atom is -0.480 e. The van der Waals surface area contributed by atoms with Gasteiger partial charge in [-0.3, -0.25) is 14.5 Å². The van der Waals surface area contributed by atoms with Crippen molar-refractivity contribution in [3.8, 4) is 0 Å². The zero-order chi connectivity index (χ0) is 14.5. The van der Waals surface area contributed by atoms with E-state index in [0.717, 1.165) is 51.7 Å². The number of allylic oxidation sites excluding steroid dienone is 1. The largest absolute Gasteiger partial charge is 0.480 e. The molecule has 1 unspecified atom stereocenters. The molecule has 5 heteroatoms. The summed E-state index contributed by atoms with van der Waals surface area (Å²) in [6.45, 7) is 6.02. The van der Waals surface area contributed by atoms with Gasteiger partial charge in [-0.1, -0.05) is 6.08 Å². The maximum atomic E-state index is 11.9. The molecule has 5 nitrogen and oxygen atoms in total. The maximum absolute atomic E-state index is 11.9. The Hall–Kier alpha value is -1.36. The van der Waals surface area contributed by atoms with Crippen LogP contribution in [-0.4, -0.2) is 58.5 Å². The van der Waals surface area contributed by atoms with Gasteiger partial charge in [0.1, 0.15) is 6.04 Å². The first kappa shape index (κ1) is 15.0. The van der Waals surface area contributed by atoms with Gasteiger partial charge in [-0.25, -0.2) is 0 Å². The Morgan fingerprint density at radius 3 is 2.50 bits per heavy atom. The third-order valence-electron chi connectivity index (χ3n) is 4.43. The first-order valence-corrected chi connectivity index (χ1v) is 7.50. The number of carboxylic acid groups (broad SMARTS) is 1. The molecule has 2 fully saturated rings. The van der Waals surface area contributed by atoms with E-state index in [1.807, 2.05) is 4.90 Å². The van der Waals surface area contributed by atoms with Gasteiger partial charge in [0.15, 0.2) is 0 Å². The lowest BCUT2D eigenvalue weighted by atomic mass is 10.0. The summed E-state index contributed by atoms with van der Waals surface area (Å²) >= 11 is 0. The highest BCUT2D eigenvalue weighted by Crippen LogP contribution is 2.26. The smallest absolute Gasteiger partial charge is 0.320 e. The molecule has 2 aliphatic rings. The van der Waals surface area contributed by atoms with Gasteiger partial charge in [0.05, 0.1) is 0 Å². The predicted molar refractivity (Wildman–Crippen MR) is 76.4 cm³/mol. The van der Waals surface area contributed by atoms with Crippen molar-refractivity contribution in [1.82, 2.24) is 9.80 Å². The van der Waals surface area contributed by atoms with E-state index in [4.69, 9.17) is 0 Å². The van der Waals surface area contributed by atoms with E-state index >= 15 is 0 Å². The molecule has 1 amide bonds. The Bertz CT molecular complexity index is 375. The molecule has 2 heterocycles. The Balaban J connectivity index is 1.83. The van der Waals surface area contributed by atoms with Gasteiger partial charge in [0.2, 0.25) is 5.91 Å². The first-order chi connectivity index (χ1) is 9.63. The summed E-state index contributed by atoms with van der Waals surface area (Å²) in [6, 6.07) is 0.00470. The minimum absolute atomic E-state index is 0.194. The maximum Gasteiger partial charge on any atom is 0.320 e. The molecule has 2 saturated heterocycles. The van der Waals surface area contributed by atoms with Gasteiger partial charge in [-0.15, -0.1) is 6.58 Å². The normalized spacial score (nSPS) is 24.8. The minimum atomic E-state index is -0.702. The number of piperidine rings is 1. The molecule has 0 spiro atoms. The molecule has 1 atom stereocenters. The average molecular weight is 280 g/mol. The molecule has 0 aromatic heterocycles. The van der Waals surface area contributed by atoms with Crippen LogP contribution in [0.1, 0.15) is 38.5 Å². The van der Waals surface area contributed by atoms with Crippen LogP contribution in [0.5, 0.6) is 0 Å². The fraction of sp³-hybridized carbons (Fsp3) is 0.733. The monoisotopic (exact) mass is 280 g/mol. The van der Waals surface area contributed by atoms with Crippen molar-refractivity contribution in [2.45, 2.75) is 50.6 Å². The molecular weight excluding hydrogens is 256 g/mol. The molecule has 1 N–H and O–H groups in total. The molecule has 0 aromatic rings. The number of carboxylic acids is 1. The Morgan fingerprint density at radius 2 is 1.90 bits per heavy atom. The number of hydrogen-bond acceptors (Lipinski definition) is 3. The summed E-state index contributed by atoms with van der Waals surface area (Å²) in [5, 5.41) is 9.24. The van der Waals surface area contributed by atoms with E-state index in [1.54, 1.807) is 6.08 Å². The quantitative estimate of drug-likeness (QED) is 0.775. The summed E-state index contributed by atoms with van der Waals surface area (Å²) in [4.78, 5) is 27.2. The van der Waals surface area contributed by atoms with Gasteiger partial charge in [-0.2, -0.15) is 0 Å². The van der Waals surface area contributed by atoms with Gasteiger partial charge >= 0.3 is 5.97 Å². The number of carbonyl (C=O) groups excluding carboxylic acids is 1. The standard InChI is InChI=1S/C15H24N2O3/c1-2-3-6-14(18)16-10-7-12(8-11-16)17-9-4-5-13(17)15(19)20/h2,12-13H,1,3-11H2,(H,19,20). The Kier molecular flexibility index (Phi) is 5.17. The van der Waals surface area contributed by atoms with Crippen molar-refractivity contribution in [3.05, 3.63) is 12.7 Å². The fourth-order valence-corrected chi connectivity index (χ4v) is 3.32. The second-order valence-corrected chi connectivity index (χ2v) is 5.67. The van der Waals surface area contributed by atoms with Crippen LogP contribution in [0.25, 0.3) is 0 Å². The highest BCUT2D eigenvalue weighted by Gasteiger charge is 2.37. The molecule has 0 bridgehead atoms. The second-order valence-electron chi connectivity index (χ2n) is 5.67. The highest BCUT2D eigenvalue weighted by molar-refractivity contribution is 5.76. The lowest BCUT2D eigenvalue weighted by Gasteiger charge is -2.38. The van der Waals surface area contributed by atoms with E-state index in [2.05, 4.69) is 11.5 Å². The molecule has 0 saturated carbocycles. The lowest BCUT2D eigenvalue weighted by molar-refractivity contribution is -0.144. The molecule has 2 aliphatic heterocycles. The van der Waals surface area contributed by atoms with E-state index < -0.39 is 5.97 Å². The fourth-order valence-electron chi connectivity index (χ4n) is 3.32. The van der Waals surface area contributed by atoms with Gasteiger partial charge < -0.3 is 10.0 Å². The van der Waals surface area contributed by atoms with Crippen LogP contribution >= 0.6 is 0 Å². The van der Waals surface area contributed by atoms with Crippen LogP contribution < -0.4 is 0 Å². The summed E-state index contributed by atoms with van der Waals surface area (Å²) in [5.74, 6) is -0.508. The van der Waals surface area contributed by atoms with Crippen molar-refractivity contribution in [3.63, 3.8) is 0 Å². The van der Waals surface area contributed by atoms with Crippen molar-refractivity contribution in [2.75, 3.05) is 19.6 Å². The predicted octanol–water partition coefficient (Wildman–Crippen LogP) is 1.49. The summed E-state index contributed by atoms with van der Waals surface area (Å²) in [6.07, 6.45) is 6.55. The Labute approximate surface area is 120 Å². The average Bonchev–Trinajstić information content (AvgIpc) is 2.94. The number of rotatable bonds is 5. The molecule has 0 aromatic carbocycles. The Morgan fingerprint density at radius 1 is 1.20 bits per heavy atom. The van der Waals surface area contributed by atoms with Crippen molar-refractivity contribution < 1.29 is 14.7 Å².